The number of hydrogen-bond acceptors (Lipinski definition) is 3. The maximum Gasteiger partial charge on any atom is 0.123 e. The number of anilines is 1. The first-order chi connectivity index (χ1) is 20.0. The molecule has 1 saturated heterocycles. The Kier molecular flexibility index (Phi) is 9.34. The Morgan fingerprint density at radius 3 is 1.90 bits per heavy atom. The van der Waals surface area contributed by atoms with Gasteiger partial charge in [0.2, 0.25) is 0 Å². The minimum atomic E-state index is -0.282. The van der Waals surface area contributed by atoms with Crippen LogP contribution >= 0.6 is 11.6 Å². The maximum atomic E-state index is 13.8. The van der Waals surface area contributed by atoms with Gasteiger partial charge in [0.15, 0.2) is 0 Å². The molecule has 0 atom stereocenters. The molecule has 0 bridgehead atoms. The number of benzene rings is 4. The number of nitrogens with zero attached hydrogens (tertiary/aromatic N) is 3. The SMILES string of the molecule is CCCCCc1cc(-c2ccc(Cl)cc2)cc(N2CCN(C(c3ccc(F)cc3)c3ccc(F)cc3)CC2)c1C#N. The van der Waals surface area contributed by atoms with Gasteiger partial charge in [-0.15, -0.1) is 0 Å². The fraction of sp³-hybridized carbons (Fsp3) is 0.286. The van der Waals surface area contributed by atoms with E-state index in [0.29, 0.717) is 5.02 Å². The highest BCUT2D eigenvalue weighted by Crippen LogP contribution is 2.35. The van der Waals surface area contributed by atoms with Crippen LogP contribution in [-0.4, -0.2) is 31.1 Å². The molecule has 0 aliphatic carbocycles. The fourth-order valence-electron chi connectivity index (χ4n) is 5.76. The van der Waals surface area contributed by atoms with E-state index in [0.717, 1.165) is 90.9 Å². The van der Waals surface area contributed by atoms with E-state index in [2.05, 4.69) is 34.9 Å². The number of unbranched alkanes of at least 4 members (excludes halogenated alkanes) is 2. The predicted molar refractivity (Wildman–Crippen MR) is 163 cm³/mol. The molecule has 0 N–H and O–H groups in total. The molecule has 4 aromatic rings. The van der Waals surface area contributed by atoms with E-state index in [9.17, 15) is 14.0 Å². The van der Waals surface area contributed by atoms with Gasteiger partial charge in [-0.3, -0.25) is 4.90 Å². The summed E-state index contributed by atoms with van der Waals surface area (Å²) in [6, 6.07) is 27.7. The van der Waals surface area contributed by atoms with Crippen molar-refractivity contribution >= 4 is 17.3 Å². The van der Waals surface area contributed by atoms with Crippen molar-refractivity contribution in [1.82, 2.24) is 4.90 Å². The van der Waals surface area contributed by atoms with E-state index in [1.165, 1.54) is 24.3 Å². The highest BCUT2D eigenvalue weighted by Gasteiger charge is 2.28. The normalized spacial score (nSPS) is 13.9. The standard InChI is InChI=1S/C35H34ClF2N3/c1-2-3-4-5-28-22-29(25-6-12-30(36)13-7-25)23-34(33(28)24-39)40-18-20-41(21-19-40)35(26-8-14-31(37)15-9-26)27-10-16-32(38)17-11-27/h6-17,22-23,35H,2-5,18-21H2,1H3. The molecule has 0 amide bonds. The van der Waals surface area contributed by atoms with Crippen molar-refractivity contribution in [3.63, 3.8) is 0 Å². The summed E-state index contributed by atoms with van der Waals surface area (Å²) < 4.78 is 27.5. The number of halogens is 3. The molecule has 1 aliphatic heterocycles. The third-order valence-corrected chi connectivity index (χ3v) is 8.18. The van der Waals surface area contributed by atoms with Gasteiger partial charge in [-0.25, -0.2) is 8.78 Å². The van der Waals surface area contributed by atoms with E-state index in [-0.39, 0.29) is 17.7 Å². The van der Waals surface area contributed by atoms with Gasteiger partial charge in [-0.05, 0) is 89.2 Å². The quantitative estimate of drug-likeness (QED) is 0.189. The lowest BCUT2D eigenvalue weighted by Gasteiger charge is -2.41. The average Bonchev–Trinajstić information content (AvgIpc) is 3.00. The van der Waals surface area contributed by atoms with Crippen molar-refractivity contribution in [1.29, 1.82) is 5.26 Å². The Morgan fingerprint density at radius 1 is 0.780 bits per heavy atom. The first-order valence-electron chi connectivity index (χ1n) is 14.3. The lowest BCUT2D eigenvalue weighted by atomic mass is 9.93. The van der Waals surface area contributed by atoms with Gasteiger partial charge in [-0.1, -0.05) is 67.8 Å². The zero-order valence-corrected chi connectivity index (χ0v) is 24.0. The van der Waals surface area contributed by atoms with Gasteiger partial charge < -0.3 is 4.90 Å². The number of aryl methyl sites for hydroxylation is 1. The van der Waals surface area contributed by atoms with Crippen LogP contribution in [0, 0.1) is 23.0 Å². The van der Waals surface area contributed by atoms with Crippen LogP contribution in [0.5, 0.6) is 0 Å². The van der Waals surface area contributed by atoms with Crippen molar-refractivity contribution in [2.24, 2.45) is 0 Å². The largest absolute Gasteiger partial charge is 0.368 e. The Bertz CT molecular complexity index is 1440. The molecule has 4 aromatic carbocycles. The van der Waals surface area contributed by atoms with Crippen molar-refractivity contribution in [2.75, 3.05) is 31.1 Å². The zero-order chi connectivity index (χ0) is 28.8. The first-order valence-corrected chi connectivity index (χ1v) is 14.7. The highest BCUT2D eigenvalue weighted by molar-refractivity contribution is 6.30. The van der Waals surface area contributed by atoms with Crippen LogP contribution in [0.15, 0.2) is 84.9 Å². The minimum Gasteiger partial charge on any atom is -0.368 e. The van der Waals surface area contributed by atoms with E-state index in [1.807, 2.05) is 48.5 Å². The summed E-state index contributed by atoms with van der Waals surface area (Å²) in [6.45, 7) is 5.12. The highest BCUT2D eigenvalue weighted by atomic mass is 35.5. The molecule has 3 nitrogen and oxygen atoms in total. The van der Waals surface area contributed by atoms with E-state index < -0.39 is 0 Å². The smallest absolute Gasteiger partial charge is 0.123 e. The second-order valence-corrected chi connectivity index (χ2v) is 11.1. The van der Waals surface area contributed by atoms with E-state index in [1.54, 1.807) is 0 Å². The third-order valence-electron chi connectivity index (χ3n) is 7.93. The molecule has 0 spiro atoms. The molecule has 0 radical (unpaired) electrons. The number of piperazine rings is 1. The van der Waals surface area contributed by atoms with Crippen molar-refractivity contribution in [2.45, 2.75) is 38.6 Å². The van der Waals surface area contributed by atoms with E-state index in [4.69, 9.17) is 11.6 Å². The Labute approximate surface area is 246 Å². The molecule has 1 fully saturated rings. The molecular weight excluding hydrogens is 536 g/mol. The van der Waals surface area contributed by atoms with Crippen LogP contribution in [0.2, 0.25) is 5.02 Å². The molecule has 210 valence electrons. The van der Waals surface area contributed by atoms with Gasteiger partial charge >= 0.3 is 0 Å². The molecule has 41 heavy (non-hydrogen) atoms. The molecule has 1 aliphatic rings. The summed E-state index contributed by atoms with van der Waals surface area (Å²) in [4.78, 5) is 4.67. The molecule has 0 unspecified atom stereocenters. The second-order valence-electron chi connectivity index (χ2n) is 10.6. The van der Waals surface area contributed by atoms with Gasteiger partial charge in [0.05, 0.1) is 17.3 Å². The van der Waals surface area contributed by atoms with Crippen LogP contribution < -0.4 is 4.90 Å². The Morgan fingerprint density at radius 2 is 1.37 bits per heavy atom. The number of rotatable bonds is 9. The average molecular weight is 570 g/mol. The third kappa shape index (κ3) is 6.78. The summed E-state index contributed by atoms with van der Waals surface area (Å²) in [5, 5.41) is 11.0. The summed E-state index contributed by atoms with van der Waals surface area (Å²) >= 11 is 6.17. The van der Waals surface area contributed by atoms with Crippen molar-refractivity contribution in [3.05, 3.63) is 124 Å². The Hall–Kier alpha value is -3.72. The topological polar surface area (TPSA) is 30.3 Å². The molecule has 0 saturated carbocycles. The van der Waals surface area contributed by atoms with Crippen LogP contribution in [0.25, 0.3) is 11.1 Å². The van der Waals surface area contributed by atoms with Gasteiger partial charge in [0.25, 0.3) is 0 Å². The molecular formula is C35H34ClF2N3. The van der Waals surface area contributed by atoms with Crippen LogP contribution in [0.3, 0.4) is 0 Å². The summed E-state index contributed by atoms with van der Waals surface area (Å²) in [6.07, 6.45) is 4.15. The maximum absolute atomic E-state index is 13.8. The van der Waals surface area contributed by atoms with Gasteiger partial charge in [0, 0.05) is 31.2 Å². The second kappa shape index (κ2) is 13.3. The molecule has 1 heterocycles. The first kappa shape index (κ1) is 28.8. The molecule has 0 aromatic heterocycles. The Balaban J connectivity index is 1.45. The van der Waals surface area contributed by atoms with Gasteiger partial charge in [0.1, 0.15) is 17.7 Å². The molecule has 6 heteroatoms. The monoisotopic (exact) mass is 569 g/mol. The summed E-state index contributed by atoms with van der Waals surface area (Å²) in [7, 11) is 0. The fourth-order valence-corrected chi connectivity index (χ4v) is 5.89. The lowest BCUT2D eigenvalue weighted by Crippen LogP contribution is -2.48. The number of hydrogen-bond donors (Lipinski definition) is 0. The minimum absolute atomic E-state index is 0.126. The zero-order valence-electron chi connectivity index (χ0n) is 23.3. The number of nitriles is 1. The summed E-state index contributed by atoms with van der Waals surface area (Å²) in [5.41, 5.74) is 6.89. The van der Waals surface area contributed by atoms with Crippen LogP contribution in [-0.2, 0) is 6.42 Å². The van der Waals surface area contributed by atoms with Crippen LogP contribution in [0.4, 0.5) is 14.5 Å². The summed E-state index contributed by atoms with van der Waals surface area (Å²) in [5.74, 6) is -0.563. The van der Waals surface area contributed by atoms with Crippen molar-refractivity contribution in [3.8, 4) is 17.2 Å². The van der Waals surface area contributed by atoms with E-state index >= 15 is 0 Å². The van der Waals surface area contributed by atoms with Crippen molar-refractivity contribution < 1.29 is 8.78 Å². The lowest BCUT2D eigenvalue weighted by molar-refractivity contribution is 0.212. The van der Waals surface area contributed by atoms with Crippen LogP contribution in [0.1, 0.15) is 54.5 Å². The molecule has 5 rings (SSSR count). The van der Waals surface area contributed by atoms with Gasteiger partial charge in [-0.2, -0.15) is 5.26 Å². The predicted octanol–water partition coefficient (Wildman–Crippen LogP) is 8.80.